The molecule has 4 heteroatoms. The molecule has 3 unspecified atom stereocenters. The largest absolute Gasteiger partial charge is 0.465 e. The van der Waals surface area contributed by atoms with Crippen molar-refractivity contribution in [3.63, 3.8) is 0 Å². The zero-order valence-electron chi connectivity index (χ0n) is 14.6. The molecule has 1 saturated carbocycles. The molecule has 0 spiro atoms. The van der Waals surface area contributed by atoms with E-state index < -0.39 is 0 Å². The van der Waals surface area contributed by atoms with Gasteiger partial charge in [0.1, 0.15) is 6.10 Å². The van der Waals surface area contributed by atoms with Gasteiger partial charge in [-0.25, -0.2) is 0 Å². The number of esters is 2. The normalized spacial score (nSPS) is 23.1. The Morgan fingerprint density at radius 3 is 2.14 bits per heavy atom. The number of rotatable bonds is 8. The Bertz CT molecular complexity index is 351. The summed E-state index contributed by atoms with van der Waals surface area (Å²) in [6, 6.07) is 0. The minimum absolute atomic E-state index is 0.115. The summed E-state index contributed by atoms with van der Waals surface area (Å²) in [7, 11) is 0. The number of carbonyl (C=O) groups excluding carboxylic acids is 2. The molecule has 3 atom stereocenters. The van der Waals surface area contributed by atoms with E-state index in [-0.39, 0.29) is 35.8 Å². The van der Waals surface area contributed by atoms with E-state index in [1.54, 1.807) is 0 Å². The number of carbonyl (C=O) groups is 2. The van der Waals surface area contributed by atoms with Gasteiger partial charge in [0.25, 0.3) is 0 Å². The van der Waals surface area contributed by atoms with Crippen LogP contribution in [0.15, 0.2) is 0 Å². The fourth-order valence-electron chi connectivity index (χ4n) is 2.73. The van der Waals surface area contributed by atoms with Gasteiger partial charge in [-0.3, -0.25) is 9.59 Å². The monoisotopic (exact) mass is 312 g/mol. The lowest BCUT2D eigenvalue weighted by Gasteiger charge is -2.30. The standard InChI is InChI=1S/C18H32O4/c1-5-6-9-12-21-17(19)15-10-7-8-11-16(15)18(20)22-14(4)13(2)3/h13-16H,5-12H2,1-4H3. The summed E-state index contributed by atoms with van der Waals surface area (Å²) in [5.41, 5.74) is 0. The van der Waals surface area contributed by atoms with Gasteiger partial charge in [-0.05, 0) is 32.1 Å². The minimum atomic E-state index is -0.325. The Morgan fingerprint density at radius 2 is 1.59 bits per heavy atom. The Balaban J connectivity index is 2.54. The second-order valence-electron chi connectivity index (χ2n) is 6.76. The van der Waals surface area contributed by atoms with Crippen molar-refractivity contribution in [2.45, 2.75) is 78.7 Å². The average molecular weight is 312 g/mol. The van der Waals surface area contributed by atoms with Crippen LogP contribution < -0.4 is 0 Å². The number of hydrogen-bond donors (Lipinski definition) is 0. The summed E-state index contributed by atoms with van der Waals surface area (Å²) < 4.78 is 10.9. The summed E-state index contributed by atoms with van der Waals surface area (Å²) in [5, 5.41) is 0. The van der Waals surface area contributed by atoms with Gasteiger partial charge in [-0.1, -0.05) is 46.5 Å². The second-order valence-corrected chi connectivity index (χ2v) is 6.76. The van der Waals surface area contributed by atoms with Crippen molar-refractivity contribution < 1.29 is 19.1 Å². The first kappa shape index (κ1) is 19.0. The maximum atomic E-state index is 12.4. The lowest BCUT2D eigenvalue weighted by Crippen LogP contribution is -2.37. The molecule has 0 aromatic rings. The van der Waals surface area contributed by atoms with Crippen molar-refractivity contribution in [2.24, 2.45) is 17.8 Å². The van der Waals surface area contributed by atoms with Gasteiger partial charge in [-0.15, -0.1) is 0 Å². The van der Waals surface area contributed by atoms with Crippen molar-refractivity contribution in [1.82, 2.24) is 0 Å². The van der Waals surface area contributed by atoms with Gasteiger partial charge in [0, 0.05) is 0 Å². The lowest BCUT2D eigenvalue weighted by atomic mass is 9.79. The van der Waals surface area contributed by atoms with Crippen LogP contribution in [0.1, 0.15) is 72.6 Å². The quantitative estimate of drug-likeness (QED) is 0.500. The van der Waals surface area contributed by atoms with Crippen LogP contribution in [0.2, 0.25) is 0 Å². The van der Waals surface area contributed by atoms with Crippen LogP contribution in [0.3, 0.4) is 0 Å². The van der Waals surface area contributed by atoms with Crippen LogP contribution in [0.25, 0.3) is 0 Å². The molecule has 0 bridgehead atoms. The smallest absolute Gasteiger partial charge is 0.310 e. The minimum Gasteiger partial charge on any atom is -0.465 e. The molecule has 128 valence electrons. The summed E-state index contributed by atoms with van der Waals surface area (Å²) in [4.78, 5) is 24.6. The molecule has 22 heavy (non-hydrogen) atoms. The molecule has 0 saturated heterocycles. The van der Waals surface area contributed by atoms with Gasteiger partial charge < -0.3 is 9.47 Å². The highest BCUT2D eigenvalue weighted by Gasteiger charge is 2.38. The third-order valence-electron chi connectivity index (χ3n) is 4.60. The summed E-state index contributed by atoms with van der Waals surface area (Å²) in [6.07, 6.45) is 6.39. The lowest BCUT2D eigenvalue weighted by molar-refractivity contribution is -0.167. The zero-order valence-corrected chi connectivity index (χ0v) is 14.6. The summed E-state index contributed by atoms with van der Waals surface area (Å²) >= 11 is 0. The highest BCUT2D eigenvalue weighted by molar-refractivity contribution is 5.82. The van der Waals surface area contributed by atoms with Crippen LogP contribution >= 0.6 is 0 Å². The Labute approximate surface area is 134 Å². The van der Waals surface area contributed by atoms with Gasteiger partial charge in [0.2, 0.25) is 0 Å². The maximum Gasteiger partial charge on any atom is 0.310 e. The average Bonchev–Trinajstić information content (AvgIpc) is 2.51. The third-order valence-corrected chi connectivity index (χ3v) is 4.60. The first-order chi connectivity index (χ1) is 10.5. The van der Waals surface area contributed by atoms with Gasteiger partial charge in [0.15, 0.2) is 0 Å². The molecule has 1 rings (SSSR count). The Hall–Kier alpha value is -1.06. The Morgan fingerprint density at radius 1 is 1.00 bits per heavy atom. The van der Waals surface area contributed by atoms with Crippen molar-refractivity contribution in [3.05, 3.63) is 0 Å². The number of unbranched alkanes of at least 4 members (excludes halogenated alkanes) is 2. The van der Waals surface area contributed by atoms with Crippen LogP contribution in [0, 0.1) is 17.8 Å². The number of hydrogen-bond acceptors (Lipinski definition) is 4. The molecule has 0 heterocycles. The van der Waals surface area contributed by atoms with Crippen molar-refractivity contribution in [3.8, 4) is 0 Å². The van der Waals surface area contributed by atoms with E-state index in [4.69, 9.17) is 9.47 Å². The molecule has 4 nitrogen and oxygen atoms in total. The van der Waals surface area contributed by atoms with Crippen molar-refractivity contribution in [2.75, 3.05) is 6.61 Å². The predicted molar refractivity (Wildman–Crippen MR) is 86.3 cm³/mol. The van der Waals surface area contributed by atoms with E-state index in [1.807, 2.05) is 20.8 Å². The maximum absolute atomic E-state index is 12.4. The van der Waals surface area contributed by atoms with E-state index in [9.17, 15) is 9.59 Å². The summed E-state index contributed by atoms with van der Waals surface area (Å²) in [5.74, 6) is -0.797. The van der Waals surface area contributed by atoms with Crippen LogP contribution in [0.4, 0.5) is 0 Å². The van der Waals surface area contributed by atoms with Gasteiger partial charge in [-0.2, -0.15) is 0 Å². The second kappa shape index (κ2) is 9.86. The highest BCUT2D eigenvalue weighted by atomic mass is 16.5. The van der Waals surface area contributed by atoms with Crippen molar-refractivity contribution >= 4 is 11.9 Å². The molecule has 1 aliphatic carbocycles. The van der Waals surface area contributed by atoms with Crippen LogP contribution in [-0.2, 0) is 19.1 Å². The van der Waals surface area contributed by atoms with Crippen LogP contribution in [-0.4, -0.2) is 24.6 Å². The molecule has 0 aromatic carbocycles. The SMILES string of the molecule is CCCCCOC(=O)C1CCCCC1C(=O)OC(C)C(C)C. The van der Waals surface area contributed by atoms with E-state index in [0.29, 0.717) is 6.61 Å². The topological polar surface area (TPSA) is 52.6 Å². The molecule has 0 aliphatic heterocycles. The third kappa shape index (κ3) is 5.98. The Kier molecular flexibility index (Phi) is 8.51. The molecule has 0 radical (unpaired) electrons. The van der Waals surface area contributed by atoms with E-state index >= 15 is 0 Å². The van der Waals surface area contributed by atoms with E-state index in [0.717, 1.165) is 44.9 Å². The molecule has 0 N–H and O–H groups in total. The predicted octanol–water partition coefficient (Wildman–Crippen LogP) is 4.11. The highest BCUT2D eigenvalue weighted by Crippen LogP contribution is 2.32. The summed E-state index contributed by atoms with van der Waals surface area (Å²) in [6.45, 7) is 8.54. The first-order valence-electron chi connectivity index (χ1n) is 8.84. The molecule has 0 amide bonds. The molecule has 0 aromatic heterocycles. The molecule has 1 aliphatic rings. The van der Waals surface area contributed by atoms with Crippen LogP contribution in [0.5, 0.6) is 0 Å². The zero-order chi connectivity index (χ0) is 16.5. The molecular formula is C18H32O4. The molecular weight excluding hydrogens is 280 g/mol. The van der Waals surface area contributed by atoms with Gasteiger partial charge >= 0.3 is 11.9 Å². The first-order valence-corrected chi connectivity index (χ1v) is 8.84. The van der Waals surface area contributed by atoms with Gasteiger partial charge in [0.05, 0.1) is 18.4 Å². The van der Waals surface area contributed by atoms with Crippen molar-refractivity contribution in [1.29, 1.82) is 0 Å². The fraction of sp³-hybridized carbons (Fsp3) is 0.889. The van der Waals surface area contributed by atoms with E-state index in [2.05, 4.69) is 6.92 Å². The molecule has 1 fully saturated rings. The number of ether oxygens (including phenoxy) is 2. The fourth-order valence-corrected chi connectivity index (χ4v) is 2.73. The van der Waals surface area contributed by atoms with E-state index in [1.165, 1.54) is 0 Å².